The van der Waals surface area contributed by atoms with E-state index in [2.05, 4.69) is 29.5 Å². The molecule has 8 nitrogen and oxygen atoms in total. The van der Waals surface area contributed by atoms with E-state index in [-0.39, 0.29) is 16.1 Å². The second-order valence-electron chi connectivity index (χ2n) is 7.46. The van der Waals surface area contributed by atoms with Gasteiger partial charge in [0.2, 0.25) is 10.0 Å². The van der Waals surface area contributed by atoms with Crippen LogP contribution in [-0.2, 0) is 14.8 Å². The summed E-state index contributed by atoms with van der Waals surface area (Å²) in [5.41, 5.74) is 0.466. The molecular weight excluding hydrogens is 387 g/mol. The number of rotatable bonds is 9. The molecule has 0 fully saturated rings. The van der Waals surface area contributed by atoms with Gasteiger partial charge in [0.15, 0.2) is 12.0 Å². The normalized spacial score (nSPS) is 13.6. The lowest BCUT2D eigenvalue weighted by molar-refractivity contribution is 0.0341. The predicted molar refractivity (Wildman–Crippen MR) is 105 cm³/mol. The van der Waals surface area contributed by atoms with Gasteiger partial charge in [0.05, 0.1) is 10.6 Å². The minimum absolute atomic E-state index is 0.125. The summed E-state index contributed by atoms with van der Waals surface area (Å²) in [5, 5.41) is 22.7. The van der Waals surface area contributed by atoms with Crippen LogP contribution < -0.4 is 10.2 Å². The maximum Gasteiger partial charge on any atom is 0.489 e. The number of hydrogen-bond acceptors (Lipinski definition) is 7. The summed E-state index contributed by atoms with van der Waals surface area (Å²) in [6, 6.07) is 8.08. The molecule has 2 aromatic rings. The van der Waals surface area contributed by atoms with Gasteiger partial charge in [-0.25, -0.2) is 8.42 Å². The van der Waals surface area contributed by atoms with Crippen molar-refractivity contribution >= 4 is 30.7 Å². The Labute approximate surface area is 160 Å². The van der Waals surface area contributed by atoms with Gasteiger partial charge in [0.25, 0.3) is 0 Å². The first kappa shape index (κ1) is 21.8. The molecule has 1 heterocycles. The fourth-order valence-electron chi connectivity index (χ4n) is 2.31. The van der Waals surface area contributed by atoms with E-state index in [9.17, 15) is 18.5 Å². The SMILES string of the molecule is Cc1cc(C(NS(=O)(=O)c2ccccc2B(O)O)OCC[Si](C)(C)C)on1. The lowest BCUT2D eigenvalue weighted by Crippen LogP contribution is -2.39. The predicted octanol–water partition coefficient (Wildman–Crippen LogP) is 0.995. The van der Waals surface area contributed by atoms with E-state index < -0.39 is 31.4 Å². The van der Waals surface area contributed by atoms with Crippen LogP contribution >= 0.6 is 0 Å². The molecule has 1 atom stereocenters. The molecule has 1 unspecified atom stereocenters. The number of benzene rings is 1. The molecule has 148 valence electrons. The van der Waals surface area contributed by atoms with Crippen LogP contribution in [0.3, 0.4) is 0 Å². The standard InChI is InChI=1S/C16H25BN2O6SSi/c1-12-11-14(25-18-12)16(24-9-10-27(2,3)4)19-26(22,23)15-8-6-5-7-13(15)17(20)21/h5-8,11,16,19-21H,9-10H2,1-4H3. The molecule has 1 aromatic heterocycles. The van der Waals surface area contributed by atoms with Crippen molar-refractivity contribution in [2.24, 2.45) is 0 Å². The second kappa shape index (κ2) is 8.67. The molecule has 2 rings (SSSR count). The zero-order valence-corrected chi connectivity index (χ0v) is 17.7. The van der Waals surface area contributed by atoms with E-state index in [1.807, 2.05) is 0 Å². The second-order valence-corrected chi connectivity index (χ2v) is 14.8. The smallest absolute Gasteiger partial charge is 0.423 e. The minimum atomic E-state index is -4.11. The number of nitrogens with zero attached hydrogens (tertiary/aromatic N) is 1. The van der Waals surface area contributed by atoms with Gasteiger partial charge >= 0.3 is 7.12 Å². The third kappa shape index (κ3) is 6.26. The van der Waals surface area contributed by atoms with Gasteiger partial charge in [-0.2, -0.15) is 4.72 Å². The van der Waals surface area contributed by atoms with E-state index in [0.717, 1.165) is 6.04 Å². The minimum Gasteiger partial charge on any atom is -0.423 e. The van der Waals surface area contributed by atoms with Crippen LogP contribution in [0.4, 0.5) is 0 Å². The van der Waals surface area contributed by atoms with Crippen LogP contribution in [0.2, 0.25) is 25.7 Å². The van der Waals surface area contributed by atoms with Crippen molar-refractivity contribution < 1.29 is 27.7 Å². The number of ether oxygens (including phenoxy) is 1. The summed E-state index contributed by atoms with van der Waals surface area (Å²) in [6.45, 7) is 8.64. The lowest BCUT2D eigenvalue weighted by atomic mass is 9.80. The Morgan fingerprint density at radius 1 is 1.30 bits per heavy atom. The first-order valence-electron chi connectivity index (χ1n) is 8.52. The maximum atomic E-state index is 12.8. The van der Waals surface area contributed by atoms with Crippen molar-refractivity contribution in [3.63, 3.8) is 0 Å². The molecule has 27 heavy (non-hydrogen) atoms. The lowest BCUT2D eigenvalue weighted by Gasteiger charge is -2.21. The Hall–Kier alpha value is -1.50. The van der Waals surface area contributed by atoms with Gasteiger partial charge in [0.1, 0.15) is 0 Å². The average molecular weight is 412 g/mol. The maximum absolute atomic E-state index is 12.8. The average Bonchev–Trinajstić information content (AvgIpc) is 2.99. The molecule has 1 aromatic carbocycles. The molecule has 0 spiro atoms. The van der Waals surface area contributed by atoms with E-state index in [0.29, 0.717) is 12.3 Å². The molecular formula is C16H25BN2O6SSi. The molecule has 0 aliphatic heterocycles. The van der Waals surface area contributed by atoms with Gasteiger partial charge in [0, 0.05) is 26.2 Å². The highest BCUT2D eigenvalue weighted by atomic mass is 32.2. The Kier molecular flexibility index (Phi) is 7.00. The molecule has 0 aliphatic carbocycles. The molecule has 0 radical (unpaired) electrons. The topological polar surface area (TPSA) is 122 Å². The molecule has 0 bridgehead atoms. The van der Waals surface area contributed by atoms with Gasteiger partial charge in [-0.1, -0.05) is 43.0 Å². The highest BCUT2D eigenvalue weighted by Gasteiger charge is 2.29. The van der Waals surface area contributed by atoms with Crippen molar-refractivity contribution in [1.29, 1.82) is 0 Å². The molecule has 3 N–H and O–H groups in total. The van der Waals surface area contributed by atoms with Crippen LogP contribution in [0.1, 0.15) is 17.7 Å². The fraction of sp³-hybridized carbons (Fsp3) is 0.438. The molecule has 0 saturated carbocycles. The highest BCUT2D eigenvalue weighted by molar-refractivity contribution is 7.89. The van der Waals surface area contributed by atoms with Crippen LogP contribution in [0.15, 0.2) is 39.8 Å². The van der Waals surface area contributed by atoms with Gasteiger partial charge in [-0.05, 0) is 19.0 Å². The quantitative estimate of drug-likeness (QED) is 0.415. The molecule has 11 heteroatoms. The number of aryl methyl sites for hydroxylation is 1. The molecule has 0 amide bonds. The van der Waals surface area contributed by atoms with E-state index in [4.69, 9.17) is 9.26 Å². The van der Waals surface area contributed by atoms with Crippen LogP contribution in [-0.4, -0.2) is 45.4 Å². The van der Waals surface area contributed by atoms with E-state index in [1.54, 1.807) is 13.0 Å². The van der Waals surface area contributed by atoms with Crippen molar-refractivity contribution in [1.82, 2.24) is 9.88 Å². The third-order valence-corrected chi connectivity index (χ3v) is 6.97. The highest BCUT2D eigenvalue weighted by Crippen LogP contribution is 2.21. The largest absolute Gasteiger partial charge is 0.489 e. The van der Waals surface area contributed by atoms with Crippen molar-refractivity contribution in [2.75, 3.05) is 6.61 Å². The summed E-state index contributed by atoms with van der Waals surface area (Å²) in [4.78, 5) is -0.241. The summed E-state index contributed by atoms with van der Waals surface area (Å²) >= 11 is 0. The summed E-state index contributed by atoms with van der Waals surface area (Å²) in [7, 11) is -7.41. The number of aromatic nitrogens is 1. The monoisotopic (exact) mass is 412 g/mol. The zero-order chi connectivity index (χ0) is 20.2. The van der Waals surface area contributed by atoms with Crippen molar-refractivity contribution in [3.05, 3.63) is 41.8 Å². The number of sulfonamides is 1. The fourth-order valence-corrected chi connectivity index (χ4v) is 4.37. The van der Waals surface area contributed by atoms with Crippen LogP contribution in [0, 0.1) is 6.92 Å². The first-order valence-corrected chi connectivity index (χ1v) is 13.7. The summed E-state index contributed by atoms with van der Waals surface area (Å²) in [5.74, 6) is 0.230. The van der Waals surface area contributed by atoms with Gasteiger partial charge in [-0.15, -0.1) is 0 Å². The third-order valence-electron chi connectivity index (χ3n) is 3.79. The Morgan fingerprint density at radius 2 is 1.96 bits per heavy atom. The zero-order valence-electron chi connectivity index (χ0n) is 15.8. The van der Waals surface area contributed by atoms with Gasteiger partial charge in [-0.3, -0.25) is 0 Å². The summed E-state index contributed by atoms with van der Waals surface area (Å²) < 4.78 is 39.1. The molecule has 0 saturated heterocycles. The molecule has 0 aliphatic rings. The van der Waals surface area contributed by atoms with E-state index in [1.165, 1.54) is 24.3 Å². The summed E-state index contributed by atoms with van der Waals surface area (Å²) in [6.07, 6.45) is -1.07. The van der Waals surface area contributed by atoms with Crippen molar-refractivity contribution in [3.8, 4) is 0 Å². The number of nitrogens with one attached hydrogen (secondary N) is 1. The Morgan fingerprint density at radius 3 is 2.52 bits per heavy atom. The van der Waals surface area contributed by atoms with Crippen molar-refractivity contribution in [2.45, 2.75) is 43.7 Å². The van der Waals surface area contributed by atoms with Crippen LogP contribution in [0.5, 0.6) is 0 Å². The first-order chi connectivity index (χ1) is 12.5. The Balaban J connectivity index is 2.28. The van der Waals surface area contributed by atoms with Gasteiger partial charge < -0.3 is 19.3 Å². The Bertz CT molecular complexity index is 866. The van der Waals surface area contributed by atoms with E-state index >= 15 is 0 Å². The van der Waals surface area contributed by atoms with Crippen LogP contribution in [0.25, 0.3) is 0 Å². The number of hydrogen-bond donors (Lipinski definition) is 3.